The van der Waals surface area contributed by atoms with Crippen molar-refractivity contribution in [3.63, 3.8) is 0 Å². The molecule has 1 N–H and O–H groups in total. The van der Waals surface area contributed by atoms with Gasteiger partial charge < -0.3 is 9.73 Å². The first kappa shape index (κ1) is 9.99. The van der Waals surface area contributed by atoms with Crippen LogP contribution < -0.4 is 5.32 Å². The largest absolute Gasteiger partial charge is 0.467 e. The summed E-state index contributed by atoms with van der Waals surface area (Å²) in [5.74, 6) is 0.989. The van der Waals surface area contributed by atoms with Gasteiger partial charge in [-0.05, 0) is 25.6 Å². The van der Waals surface area contributed by atoms with Gasteiger partial charge >= 0.3 is 0 Å². The van der Waals surface area contributed by atoms with E-state index >= 15 is 0 Å². The van der Waals surface area contributed by atoms with Crippen LogP contribution in [0.3, 0.4) is 0 Å². The first-order valence-corrected chi connectivity index (χ1v) is 5.09. The highest BCUT2D eigenvalue weighted by molar-refractivity contribution is 5.66. The van der Waals surface area contributed by atoms with Gasteiger partial charge in [-0.3, -0.25) is 0 Å². The molecule has 0 unspecified atom stereocenters. The van der Waals surface area contributed by atoms with Gasteiger partial charge in [0.1, 0.15) is 5.76 Å². The van der Waals surface area contributed by atoms with Crippen LogP contribution in [0.2, 0.25) is 0 Å². The van der Waals surface area contributed by atoms with Crippen LogP contribution >= 0.6 is 0 Å². The molecule has 78 valence electrons. The van der Waals surface area contributed by atoms with Crippen molar-refractivity contribution >= 4 is 0 Å². The number of furan rings is 1. The minimum Gasteiger partial charge on any atom is -0.467 e. The average Bonchev–Trinajstić information content (AvgIpc) is 2.66. The monoisotopic (exact) mass is 201 g/mol. The van der Waals surface area contributed by atoms with E-state index < -0.39 is 0 Å². The Labute approximate surface area is 89.9 Å². The summed E-state index contributed by atoms with van der Waals surface area (Å²) in [7, 11) is 1.92. The number of benzene rings is 1. The molecule has 2 rings (SSSR count). The van der Waals surface area contributed by atoms with Gasteiger partial charge in [-0.2, -0.15) is 0 Å². The molecule has 15 heavy (non-hydrogen) atoms. The zero-order valence-electron chi connectivity index (χ0n) is 9.08. The molecule has 0 aliphatic rings. The van der Waals surface area contributed by atoms with Crippen LogP contribution in [0.15, 0.2) is 41.0 Å². The van der Waals surface area contributed by atoms with Crippen molar-refractivity contribution in [3.05, 3.63) is 47.9 Å². The lowest BCUT2D eigenvalue weighted by molar-refractivity contribution is 0.497. The predicted octanol–water partition coefficient (Wildman–Crippen LogP) is 2.97. The minimum atomic E-state index is 0.760. The van der Waals surface area contributed by atoms with E-state index in [1.807, 2.05) is 13.1 Å². The lowest BCUT2D eigenvalue weighted by Gasteiger charge is -2.03. The van der Waals surface area contributed by atoms with Crippen LogP contribution in [-0.4, -0.2) is 7.05 Å². The van der Waals surface area contributed by atoms with Crippen molar-refractivity contribution in [1.82, 2.24) is 5.32 Å². The first-order valence-electron chi connectivity index (χ1n) is 5.09. The fraction of sp³-hybridized carbons (Fsp3) is 0.231. The molecule has 0 aliphatic heterocycles. The van der Waals surface area contributed by atoms with Crippen molar-refractivity contribution in [2.24, 2.45) is 0 Å². The minimum absolute atomic E-state index is 0.760. The molecular formula is C13H15NO. The predicted molar refractivity (Wildman–Crippen MR) is 61.6 cm³/mol. The van der Waals surface area contributed by atoms with Crippen LogP contribution in [-0.2, 0) is 6.54 Å². The number of aryl methyl sites for hydroxylation is 1. The molecule has 1 heterocycles. The molecule has 0 atom stereocenters. The molecule has 0 fully saturated rings. The van der Waals surface area contributed by atoms with Crippen LogP contribution in [0.1, 0.15) is 11.3 Å². The molecule has 1 aromatic carbocycles. The van der Waals surface area contributed by atoms with E-state index in [1.54, 1.807) is 6.26 Å². The summed E-state index contributed by atoms with van der Waals surface area (Å²) >= 11 is 0. The van der Waals surface area contributed by atoms with Crippen molar-refractivity contribution in [2.45, 2.75) is 13.5 Å². The third-order valence-electron chi connectivity index (χ3n) is 2.41. The highest BCUT2D eigenvalue weighted by atomic mass is 16.3. The molecule has 0 bridgehead atoms. The van der Waals surface area contributed by atoms with E-state index in [2.05, 4.69) is 36.5 Å². The summed E-state index contributed by atoms with van der Waals surface area (Å²) in [5.41, 5.74) is 3.66. The Hall–Kier alpha value is -1.54. The summed E-state index contributed by atoms with van der Waals surface area (Å²) in [6, 6.07) is 10.5. The Balaban J connectivity index is 2.40. The molecule has 0 radical (unpaired) electrons. The Morgan fingerprint density at radius 1 is 1.27 bits per heavy atom. The highest BCUT2D eigenvalue weighted by Gasteiger charge is 2.07. The second-order valence-corrected chi connectivity index (χ2v) is 3.66. The molecule has 2 nitrogen and oxygen atoms in total. The van der Waals surface area contributed by atoms with Gasteiger partial charge in [-0.15, -0.1) is 0 Å². The van der Waals surface area contributed by atoms with E-state index in [-0.39, 0.29) is 0 Å². The number of hydrogen-bond donors (Lipinski definition) is 1. The van der Waals surface area contributed by atoms with Gasteiger partial charge in [0.2, 0.25) is 0 Å². The summed E-state index contributed by atoms with van der Waals surface area (Å²) in [5, 5.41) is 3.10. The van der Waals surface area contributed by atoms with E-state index in [4.69, 9.17) is 4.42 Å². The fourth-order valence-corrected chi connectivity index (χ4v) is 1.71. The van der Waals surface area contributed by atoms with E-state index in [1.165, 1.54) is 16.7 Å². The van der Waals surface area contributed by atoms with Crippen LogP contribution in [0.25, 0.3) is 11.1 Å². The maximum absolute atomic E-state index is 5.44. The quantitative estimate of drug-likeness (QED) is 0.825. The number of hydrogen-bond acceptors (Lipinski definition) is 2. The van der Waals surface area contributed by atoms with Crippen molar-refractivity contribution < 1.29 is 4.42 Å². The Morgan fingerprint density at radius 3 is 2.87 bits per heavy atom. The summed E-state index contributed by atoms with van der Waals surface area (Å²) in [4.78, 5) is 0. The molecule has 0 saturated heterocycles. The normalized spacial score (nSPS) is 10.5. The number of nitrogens with one attached hydrogen (secondary N) is 1. The zero-order valence-corrected chi connectivity index (χ0v) is 9.08. The van der Waals surface area contributed by atoms with Crippen molar-refractivity contribution in [3.8, 4) is 11.1 Å². The van der Waals surface area contributed by atoms with E-state index in [9.17, 15) is 0 Å². The third kappa shape index (κ3) is 2.10. The standard InChI is InChI=1S/C13H15NO/c1-10-4-3-5-11(8-10)12-6-7-15-13(12)9-14-2/h3-8,14H,9H2,1-2H3. The smallest absolute Gasteiger partial charge is 0.125 e. The van der Waals surface area contributed by atoms with Gasteiger partial charge in [0.15, 0.2) is 0 Å². The second kappa shape index (κ2) is 4.32. The molecule has 0 aliphatic carbocycles. The maximum atomic E-state index is 5.44. The van der Waals surface area contributed by atoms with Gasteiger partial charge in [0.25, 0.3) is 0 Å². The highest BCUT2D eigenvalue weighted by Crippen LogP contribution is 2.25. The van der Waals surface area contributed by atoms with E-state index in [0.717, 1.165) is 12.3 Å². The lowest BCUT2D eigenvalue weighted by Crippen LogP contribution is -2.04. The Kier molecular flexibility index (Phi) is 2.88. The molecule has 0 spiro atoms. The summed E-state index contributed by atoms with van der Waals surface area (Å²) < 4.78 is 5.44. The topological polar surface area (TPSA) is 25.2 Å². The third-order valence-corrected chi connectivity index (χ3v) is 2.41. The van der Waals surface area contributed by atoms with Gasteiger partial charge in [-0.1, -0.05) is 29.8 Å². The Bertz CT molecular complexity index is 445. The van der Waals surface area contributed by atoms with Crippen LogP contribution in [0.5, 0.6) is 0 Å². The molecule has 0 saturated carbocycles. The molecule has 0 amide bonds. The zero-order chi connectivity index (χ0) is 10.7. The van der Waals surface area contributed by atoms with Gasteiger partial charge in [-0.25, -0.2) is 0 Å². The summed E-state index contributed by atoms with van der Waals surface area (Å²) in [6.45, 7) is 2.86. The molecule has 2 aromatic rings. The lowest BCUT2D eigenvalue weighted by atomic mass is 10.0. The first-order chi connectivity index (χ1) is 7.31. The van der Waals surface area contributed by atoms with Crippen molar-refractivity contribution in [2.75, 3.05) is 7.05 Å². The van der Waals surface area contributed by atoms with Crippen LogP contribution in [0, 0.1) is 6.92 Å². The van der Waals surface area contributed by atoms with Gasteiger partial charge in [0.05, 0.1) is 12.8 Å². The average molecular weight is 201 g/mol. The van der Waals surface area contributed by atoms with Gasteiger partial charge in [0, 0.05) is 5.56 Å². The molecule has 1 aromatic heterocycles. The molecule has 2 heteroatoms. The van der Waals surface area contributed by atoms with Crippen molar-refractivity contribution in [1.29, 1.82) is 0 Å². The molecular weight excluding hydrogens is 186 g/mol. The number of rotatable bonds is 3. The second-order valence-electron chi connectivity index (χ2n) is 3.66. The summed E-state index contributed by atoms with van der Waals surface area (Å²) in [6.07, 6.45) is 1.74. The Morgan fingerprint density at radius 2 is 2.13 bits per heavy atom. The SMILES string of the molecule is CNCc1occc1-c1cccc(C)c1. The maximum Gasteiger partial charge on any atom is 0.125 e. The fourth-order valence-electron chi connectivity index (χ4n) is 1.71. The van der Waals surface area contributed by atoms with E-state index in [0.29, 0.717) is 0 Å². The van der Waals surface area contributed by atoms with Crippen LogP contribution in [0.4, 0.5) is 0 Å².